The average molecular weight is 529 g/mol. The molecular formula is C29H32N6O4. The molecule has 2 heterocycles. The first kappa shape index (κ1) is 27.3. The number of hydrogen-bond acceptors (Lipinski definition) is 5. The minimum atomic E-state index is -1.27. The topological polar surface area (TPSA) is 148 Å². The molecule has 5 N–H and O–H groups in total. The minimum absolute atomic E-state index is 0.0553. The SMILES string of the molecule is N=C1NC(c2ccccc2)(c2ccccc2)C(=O)N1CCCCCNC(=O)C(Cc1ccncc1)NC(=O)O. The molecule has 1 saturated heterocycles. The second-order valence-corrected chi connectivity index (χ2v) is 9.33. The summed E-state index contributed by atoms with van der Waals surface area (Å²) in [6, 6.07) is 21.4. The van der Waals surface area contributed by atoms with E-state index >= 15 is 0 Å². The molecule has 1 aliphatic heterocycles. The highest BCUT2D eigenvalue weighted by atomic mass is 16.4. The van der Waals surface area contributed by atoms with E-state index in [1.807, 2.05) is 60.7 Å². The first-order valence-electron chi connectivity index (χ1n) is 12.9. The van der Waals surface area contributed by atoms with E-state index in [0.29, 0.717) is 32.4 Å². The number of pyridine rings is 1. The summed E-state index contributed by atoms with van der Waals surface area (Å²) in [6.45, 7) is 0.736. The fourth-order valence-electron chi connectivity index (χ4n) is 4.77. The zero-order valence-corrected chi connectivity index (χ0v) is 21.5. The Morgan fingerprint density at radius 3 is 2.15 bits per heavy atom. The molecule has 202 valence electrons. The fraction of sp³-hybridized carbons (Fsp3) is 0.276. The van der Waals surface area contributed by atoms with Crippen LogP contribution in [0.15, 0.2) is 85.2 Å². The molecule has 1 atom stereocenters. The molecule has 1 fully saturated rings. The smallest absolute Gasteiger partial charge is 0.405 e. The van der Waals surface area contributed by atoms with Gasteiger partial charge in [-0.05, 0) is 48.1 Å². The van der Waals surface area contributed by atoms with Crippen LogP contribution >= 0.6 is 0 Å². The van der Waals surface area contributed by atoms with Crippen LogP contribution in [0.25, 0.3) is 0 Å². The Morgan fingerprint density at radius 2 is 1.56 bits per heavy atom. The molecule has 10 nitrogen and oxygen atoms in total. The molecule has 0 bridgehead atoms. The monoisotopic (exact) mass is 528 g/mol. The third-order valence-electron chi connectivity index (χ3n) is 6.72. The molecule has 0 radical (unpaired) electrons. The molecular weight excluding hydrogens is 496 g/mol. The molecule has 1 aliphatic rings. The predicted molar refractivity (Wildman–Crippen MR) is 146 cm³/mol. The van der Waals surface area contributed by atoms with Crippen LogP contribution in [-0.4, -0.2) is 58.0 Å². The van der Waals surface area contributed by atoms with E-state index in [1.165, 1.54) is 4.90 Å². The number of unbranched alkanes of at least 4 members (excludes halogenated alkanes) is 2. The lowest BCUT2D eigenvalue weighted by Gasteiger charge is -2.28. The van der Waals surface area contributed by atoms with E-state index in [1.54, 1.807) is 24.5 Å². The largest absolute Gasteiger partial charge is 0.465 e. The van der Waals surface area contributed by atoms with Crippen LogP contribution in [0.5, 0.6) is 0 Å². The van der Waals surface area contributed by atoms with Crippen LogP contribution in [0.3, 0.4) is 0 Å². The summed E-state index contributed by atoms with van der Waals surface area (Å²) in [5.41, 5.74) is 1.18. The second-order valence-electron chi connectivity index (χ2n) is 9.33. The Bertz CT molecular complexity index is 1250. The first-order chi connectivity index (χ1) is 18.9. The van der Waals surface area contributed by atoms with Gasteiger partial charge in [0.1, 0.15) is 6.04 Å². The summed E-state index contributed by atoms with van der Waals surface area (Å²) >= 11 is 0. The summed E-state index contributed by atoms with van der Waals surface area (Å²) in [4.78, 5) is 43.0. The molecule has 0 saturated carbocycles. The number of nitrogens with zero attached hydrogens (tertiary/aromatic N) is 2. The highest BCUT2D eigenvalue weighted by Crippen LogP contribution is 2.35. The molecule has 39 heavy (non-hydrogen) atoms. The number of hydrogen-bond donors (Lipinski definition) is 5. The summed E-state index contributed by atoms with van der Waals surface area (Å²) in [5, 5.41) is 25.9. The van der Waals surface area contributed by atoms with Crippen LogP contribution in [0, 0.1) is 5.41 Å². The number of amides is 3. The van der Waals surface area contributed by atoms with Gasteiger partial charge in [0.25, 0.3) is 5.91 Å². The quantitative estimate of drug-likeness (QED) is 0.228. The van der Waals surface area contributed by atoms with Gasteiger partial charge in [0.2, 0.25) is 5.91 Å². The van der Waals surface area contributed by atoms with Crippen molar-refractivity contribution in [1.82, 2.24) is 25.8 Å². The van der Waals surface area contributed by atoms with Crippen molar-refractivity contribution < 1.29 is 19.5 Å². The van der Waals surface area contributed by atoms with E-state index in [4.69, 9.17) is 10.5 Å². The molecule has 0 aliphatic carbocycles. The van der Waals surface area contributed by atoms with Crippen LogP contribution in [0.1, 0.15) is 36.0 Å². The maximum absolute atomic E-state index is 13.8. The van der Waals surface area contributed by atoms with E-state index < -0.39 is 23.6 Å². The standard InChI is InChI=1S/C29H32N6O4/c30-27-34-29(22-10-4-1-5-11-22,23-12-6-2-7-13-23)26(37)35(27)19-9-3-8-16-32-25(36)24(33-28(38)39)20-21-14-17-31-18-15-21/h1-2,4-7,10-15,17-18,24,33H,3,8-9,16,19-20H2,(H2,30,34)(H,32,36)(H,38,39). The van der Waals surface area contributed by atoms with Crippen LogP contribution in [0.2, 0.25) is 0 Å². The van der Waals surface area contributed by atoms with Crippen LogP contribution < -0.4 is 16.0 Å². The van der Waals surface area contributed by atoms with E-state index in [2.05, 4.69) is 20.9 Å². The Morgan fingerprint density at radius 1 is 0.949 bits per heavy atom. The zero-order chi connectivity index (χ0) is 27.7. The predicted octanol–water partition coefficient (Wildman–Crippen LogP) is 2.86. The molecule has 0 spiro atoms. The van der Waals surface area contributed by atoms with Gasteiger partial charge in [-0.1, -0.05) is 60.7 Å². The minimum Gasteiger partial charge on any atom is -0.465 e. The van der Waals surface area contributed by atoms with Gasteiger partial charge in [-0.15, -0.1) is 0 Å². The number of guanidine groups is 1. The van der Waals surface area contributed by atoms with E-state index in [0.717, 1.165) is 16.7 Å². The van der Waals surface area contributed by atoms with Crippen molar-refractivity contribution in [2.24, 2.45) is 0 Å². The molecule has 3 aromatic rings. The van der Waals surface area contributed by atoms with Gasteiger partial charge >= 0.3 is 6.09 Å². The van der Waals surface area contributed by atoms with Crippen molar-refractivity contribution in [3.63, 3.8) is 0 Å². The molecule has 4 rings (SSSR count). The zero-order valence-electron chi connectivity index (χ0n) is 21.5. The highest BCUT2D eigenvalue weighted by Gasteiger charge is 2.51. The van der Waals surface area contributed by atoms with Crippen LogP contribution in [0.4, 0.5) is 4.79 Å². The van der Waals surface area contributed by atoms with Crippen molar-refractivity contribution >= 4 is 23.9 Å². The maximum Gasteiger partial charge on any atom is 0.405 e. The molecule has 2 aromatic carbocycles. The van der Waals surface area contributed by atoms with Gasteiger partial charge in [0, 0.05) is 31.9 Å². The van der Waals surface area contributed by atoms with Gasteiger partial charge < -0.3 is 21.1 Å². The number of benzene rings is 2. The Balaban J connectivity index is 1.30. The number of aromatic nitrogens is 1. The Labute approximate surface area is 227 Å². The maximum atomic E-state index is 13.8. The third-order valence-corrected chi connectivity index (χ3v) is 6.72. The van der Waals surface area contributed by atoms with Crippen LogP contribution in [-0.2, 0) is 21.5 Å². The summed E-state index contributed by atoms with van der Waals surface area (Å²) in [7, 11) is 0. The van der Waals surface area contributed by atoms with Gasteiger partial charge in [0.15, 0.2) is 11.5 Å². The number of carbonyl (C=O) groups excluding carboxylic acids is 2. The van der Waals surface area contributed by atoms with E-state index in [9.17, 15) is 14.4 Å². The van der Waals surface area contributed by atoms with Crippen molar-refractivity contribution in [1.29, 1.82) is 5.41 Å². The number of rotatable bonds is 12. The van der Waals surface area contributed by atoms with Crippen molar-refractivity contribution in [3.05, 3.63) is 102 Å². The van der Waals surface area contributed by atoms with Gasteiger partial charge in [0.05, 0.1) is 0 Å². The Kier molecular flexibility index (Phi) is 8.88. The normalized spacial score (nSPS) is 14.9. The Hall–Kier alpha value is -4.73. The van der Waals surface area contributed by atoms with Gasteiger partial charge in [-0.3, -0.25) is 24.9 Å². The number of nitrogens with one attached hydrogen (secondary N) is 4. The molecule has 3 amide bonds. The van der Waals surface area contributed by atoms with E-state index in [-0.39, 0.29) is 18.3 Å². The summed E-state index contributed by atoms with van der Waals surface area (Å²) in [6.07, 6.45) is 4.13. The number of carbonyl (C=O) groups is 3. The molecule has 1 unspecified atom stereocenters. The molecule has 10 heteroatoms. The van der Waals surface area contributed by atoms with Crippen molar-refractivity contribution in [2.75, 3.05) is 13.1 Å². The lowest BCUT2D eigenvalue weighted by Crippen LogP contribution is -2.47. The lowest BCUT2D eigenvalue weighted by atomic mass is 9.82. The first-order valence-corrected chi connectivity index (χ1v) is 12.9. The highest BCUT2D eigenvalue weighted by molar-refractivity contribution is 6.10. The lowest BCUT2D eigenvalue weighted by molar-refractivity contribution is -0.130. The third kappa shape index (κ3) is 6.40. The number of carboxylic acid groups (broad SMARTS) is 1. The van der Waals surface area contributed by atoms with Crippen molar-refractivity contribution in [2.45, 2.75) is 37.3 Å². The summed E-state index contributed by atoms with van der Waals surface area (Å²) < 4.78 is 0. The van der Waals surface area contributed by atoms with Gasteiger partial charge in [-0.2, -0.15) is 0 Å². The molecule has 1 aromatic heterocycles. The average Bonchev–Trinajstić information content (AvgIpc) is 3.21. The van der Waals surface area contributed by atoms with Gasteiger partial charge in [-0.25, -0.2) is 4.79 Å². The summed E-state index contributed by atoms with van der Waals surface area (Å²) in [5.74, 6) is -0.540. The van der Waals surface area contributed by atoms with Crippen molar-refractivity contribution in [3.8, 4) is 0 Å². The fourth-order valence-corrected chi connectivity index (χ4v) is 4.77. The second kappa shape index (κ2) is 12.7.